The number of halogens is 2. The van der Waals surface area contributed by atoms with Crippen LogP contribution in [0.25, 0.3) is 21.9 Å². The predicted octanol–water partition coefficient (Wildman–Crippen LogP) is 1.62. The summed E-state index contributed by atoms with van der Waals surface area (Å²) in [5.74, 6) is 0.790. The number of benzene rings is 2. The third-order valence-electron chi connectivity index (χ3n) is 5.93. The third kappa shape index (κ3) is 5.78. The summed E-state index contributed by atoms with van der Waals surface area (Å²) >= 11 is 0. The average Bonchev–Trinajstić information content (AvgIpc) is 3.10. The molecule has 0 bridgehead atoms. The summed E-state index contributed by atoms with van der Waals surface area (Å²) in [6.45, 7) is 2.27. The van der Waals surface area contributed by atoms with Crippen LogP contribution in [-0.2, 0) is 32.6 Å². The molecule has 3 heteroatoms. The minimum atomic E-state index is 0. The first-order valence-electron chi connectivity index (χ1n) is 10.1. The average molecular weight is 492 g/mol. The molecule has 1 aliphatic carbocycles. The normalized spacial score (nSPS) is 14.0. The van der Waals surface area contributed by atoms with Crippen molar-refractivity contribution in [2.75, 3.05) is 0 Å². The molecule has 0 nitrogen and oxygen atoms in total. The van der Waals surface area contributed by atoms with E-state index >= 15 is 0 Å². The maximum atomic E-state index is 2.41. The van der Waals surface area contributed by atoms with E-state index in [4.69, 9.17) is 0 Å². The largest absolute Gasteiger partial charge is 3.00 e. The molecule has 0 amide bonds. The molecule has 0 spiro atoms. The van der Waals surface area contributed by atoms with E-state index in [0.717, 1.165) is 5.92 Å². The third-order valence-corrected chi connectivity index (χ3v) is 5.93. The molecule has 3 aromatic rings. The van der Waals surface area contributed by atoms with Gasteiger partial charge in [-0.2, -0.15) is 6.07 Å². The fourth-order valence-corrected chi connectivity index (χ4v) is 4.44. The molecule has 0 N–H and O–H groups in total. The molecule has 0 heterocycles. The predicted molar refractivity (Wildman–Crippen MR) is 109 cm³/mol. The molecule has 0 unspecified atom stereocenters. The van der Waals surface area contributed by atoms with Gasteiger partial charge < -0.3 is 24.8 Å². The molecule has 0 aliphatic heterocycles. The molecule has 1 aliphatic rings. The van der Waals surface area contributed by atoms with Crippen LogP contribution in [-0.4, -0.2) is 0 Å². The Morgan fingerprint density at radius 1 is 0.929 bits per heavy atom. The second-order valence-corrected chi connectivity index (χ2v) is 7.73. The molecule has 4 rings (SSSR count). The van der Waals surface area contributed by atoms with Crippen molar-refractivity contribution >= 4 is 10.8 Å². The molecule has 1 saturated carbocycles. The zero-order valence-electron chi connectivity index (χ0n) is 16.7. The number of fused-ring (bicyclic) bond motifs is 1. The van der Waals surface area contributed by atoms with Gasteiger partial charge in [-0.1, -0.05) is 74.9 Å². The monoisotopic (exact) mass is 489 g/mol. The summed E-state index contributed by atoms with van der Waals surface area (Å²) in [6.07, 6.45) is 10.7. The van der Waals surface area contributed by atoms with Crippen molar-refractivity contribution in [1.29, 1.82) is 0 Å². The van der Waals surface area contributed by atoms with Gasteiger partial charge in [-0.05, 0) is 36.3 Å². The minimum absolute atomic E-state index is 0. The van der Waals surface area contributed by atoms with E-state index in [9.17, 15) is 0 Å². The number of unbranched alkanes of at least 4 members (excludes halogenated alkanes) is 1. The second-order valence-electron chi connectivity index (χ2n) is 7.73. The van der Waals surface area contributed by atoms with Crippen molar-refractivity contribution in [3.8, 4) is 11.1 Å². The van der Waals surface area contributed by atoms with Gasteiger partial charge in [-0.25, -0.2) is 0 Å². The molecule has 0 saturated heterocycles. The number of hydrogen-bond donors (Lipinski definition) is 0. The number of hydrogen-bond acceptors (Lipinski definition) is 0. The van der Waals surface area contributed by atoms with Crippen molar-refractivity contribution in [2.24, 2.45) is 0 Å². The Hall–Kier alpha value is -0.487. The van der Waals surface area contributed by atoms with Gasteiger partial charge >= 0.3 is 26.2 Å². The summed E-state index contributed by atoms with van der Waals surface area (Å²) in [7, 11) is 0. The fourth-order valence-electron chi connectivity index (χ4n) is 4.44. The molecule has 3 aromatic carbocycles. The van der Waals surface area contributed by atoms with Crippen molar-refractivity contribution in [3.63, 3.8) is 0 Å². The van der Waals surface area contributed by atoms with Crippen LogP contribution >= 0.6 is 0 Å². The van der Waals surface area contributed by atoms with Crippen LogP contribution in [0.2, 0.25) is 0 Å². The molecule has 1 fully saturated rings. The molecule has 28 heavy (non-hydrogen) atoms. The molecule has 147 valence electrons. The quantitative estimate of drug-likeness (QED) is 0.476. The molecule has 0 atom stereocenters. The van der Waals surface area contributed by atoms with E-state index in [-0.39, 0.29) is 51.0 Å². The smallest absolute Gasteiger partial charge is 1.00 e. The number of rotatable bonds is 5. The number of aryl methyl sites for hydroxylation is 1. The fraction of sp³-hybridized carbons (Fsp3) is 0.400. The van der Waals surface area contributed by atoms with Crippen LogP contribution < -0.4 is 24.8 Å². The van der Waals surface area contributed by atoms with Gasteiger partial charge in [-0.3, -0.25) is 0 Å². The second kappa shape index (κ2) is 12.3. The Kier molecular flexibility index (Phi) is 11.2. The van der Waals surface area contributed by atoms with E-state index in [1.807, 2.05) is 0 Å². The van der Waals surface area contributed by atoms with Gasteiger partial charge in [0, 0.05) is 0 Å². The van der Waals surface area contributed by atoms with Crippen LogP contribution in [0.4, 0.5) is 0 Å². The zero-order valence-corrected chi connectivity index (χ0v) is 20.7. The topological polar surface area (TPSA) is 0 Å². The van der Waals surface area contributed by atoms with Crippen LogP contribution in [0, 0.1) is 0 Å². The van der Waals surface area contributed by atoms with E-state index in [1.54, 1.807) is 5.56 Å². The van der Waals surface area contributed by atoms with Crippen molar-refractivity contribution in [2.45, 2.75) is 64.2 Å². The van der Waals surface area contributed by atoms with Crippen molar-refractivity contribution in [1.82, 2.24) is 0 Å². The van der Waals surface area contributed by atoms with Crippen molar-refractivity contribution in [3.05, 3.63) is 65.7 Å². The minimum Gasteiger partial charge on any atom is -1.00 e. The Labute approximate surface area is 201 Å². The summed E-state index contributed by atoms with van der Waals surface area (Å²) in [5.41, 5.74) is 5.78. The molecule has 1 radical (unpaired) electrons. The van der Waals surface area contributed by atoms with E-state index in [2.05, 4.69) is 61.5 Å². The van der Waals surface area contributed by atoms with E-state index in [0.29, 0.717) is 0 Å². The molecular formula is C25H29Cl2Zr. The van der Waals surface area contributed by atoms with E-state index in [1.165, 1.54) is 78.8 Å². The summed E-state index contributed by atoms with van der Waals surface area (Å²) < 4.78 is 0. The van der Waals surface area contributed by atoms with Crippen LogP contribution in [0.3, 0.4) is 0 Å². The maximum absolute atomic E-state index is 2.41. The maximum Gasteiger partial charge on any atom is 3.00 e. The van der Waals surface area contributed by atoms with Gasteiger partial charge in [0.15, 0.2) is 0 Å². The van der Waals surface area contributed by atoms with Crippen LogP contribution in [0.1, 0.15) is 68.9 Å². The standard InChI is InChI=1S/C25H29.2ClH.Zr/c1-2-3-8-19-17-23-11-7-12-24(25(23)18-19)22-15-13-21(14-16-22)20-9-5-4-6-10-20;;;/h7,11-18,20H,2-6,8-10H2,1H3;2*1H;/q-1;;;+3/p-2. The summed E-state index contributed by atoms with van der Waals surface area (Å²) in [4.78, 5) is 0. The van der Waals surface area contributed by atoms with Crippen LogP contribution in [0.15, 0.2) is 54.6 Å². The first-order chi connectivity index (χ1) is 12.3. The first kappa shape index (κ1) is 25.5. The Morgan fingerprint density at radius 2 is 1.64 bits per heavy atom. The van der Waals surface area contributed by atoms with Gasteiger partial charge in [0.2, 0.25) is 0 Å². The van der Waals surface area contributed by atoms with Crippen LogP contribution in [0.5, 0.6) is 0 Å². The Bertz CT molecular complexity index is 829. The van der Waals surface area contributed by atoms with Crippen molar-refractivity contribution < 1.29 is 51.0 Å². The zero-order chi connectivity index (χ0) is 17.1. The molecule has 0 aromatic heterocycles. The SMILES string of the molecule is CCCCc1cc2c(-c3ccc(C4CCCCC4)cc3)cccc2[cH-]1.[Cl-].[Cl-].[Zr+3]. The Balaban J connectivity index is 0.00000131. The first-order valence-corrected chi connectivity index (χ1v) is 10.1. The van der Waals surface area contributed by atoms with Gasteiger partial charge in [0.25, 0.3) is 0 Å². The van der Waals surface area contributed by atoms with E-state index < -0.39 is 0 Å². The van der Waals surface area contributed by atoms with Gasteiger partial charge in [0.1, 0.15) is 0 Å². The van der Waals surface area contributed by atoms with Gasteiger partial charge in [0.05, 0.1) is 0 Å². The summed E-state index contributed by atoms with van der Waals surface area (Å²) in [5, 5.41) is 2.80. The Morgan fingerprint density at radius 3 is 2.32 bits per heavy atom. The molecular weight excluding hydrogens is 462 g/mol. The van der Waals surface area contributed by atoms with Gasteiger partial charge in [-0.15, -0.1) is 34.5 Å². The summed E-state index contributed by atoms with van der Waals surface area (Å²) in [6, 6.07) is 21.0.